The van der Waals surface area contributed by atoms with Crippen LogP contribution in [0.25, 0.3) is 0 Å². The minimum absolute atomic E-state index is 0.115. The molecule has 2 atom stereocenters. The van der Waals surface area contributed by atoms with Crippen LogP contribution in [0.15, 0.2) is 0 Å². The Morgan fingerprint density at radius 2 is 1.94 bits per heavy atom. The van der Waals surface area contributed by atoms with Gasteiger partial charge in [0.15, 0.2) is 0 Å². The van der Waals surface area contributed by atoms with Gasteiger partial charge in [-0.2, -0.15) is 0 Å². The van der Waals surface area contributed by atoms with Crippen molar-refractivity contribution in [2.24, 2.45) is 17.6 Å². The molecule has 94 valence electrons. The van der Waals surface area contributed by atoms with Crippen LogP contribution < -0.4 is 5.73 Å². The van der Waals surface area contributed by atoms with Gasteiger partial charge in [-0.25, -0.2) is 4.79 Å². The fourth-order valence-corrected chi connectivity index (χ4v) is 2.49. The maximum Gasteiger partial charge on any atom is 0.409 e. The lowest BCUT2D eigenvalue weighted by molar-refractivity contribution is 0.0958. The molecule has 2 aliphatic carbocycles. The van der Waals surface area contributed by atoms with E-state index in [0.717, 1.165) is 25.7 Å². The van der Waals surface area contributed by atoms with Gasteiger partial charge in [0, 0.05) is 44.8 Å². The first kappa shape index (κ1) is 12.3. The summed E-state index contributed by atoms with van der Waals surface area (Å²) in [6.07, 6.45) is 3.88. The summed E-state index contributed by atoms with van der Waals surface area (Å²) < 4.78 is 5.51. The van der Waals surface area contributed by atoms with Crippen LogP contribution in [0.5, 0.6) is 0 Å². The highest BCUT2D eigenvalue weighted by Crippen LogP contribution is 2.48. The Labute approximate surface area is 102 Å². The number of carbonyl (C=O) groups is 1. The first-order chi connectivity index (χ1) is 8.24. The molecule has 1 amide bonds. The molecule has 2 rings (SSSR count). The number of amides is 1. The van der Waals surface area contributed by atoms with E-state index in [4.69, 9.17) is 10.5 Å². The third kappa shape index (κ3) is 2.92. The quantitative estimate of drug-likeness (QED) is 0.749. The average Bonchev–Trinajstić information content (AvgIpc) is 2.88. The van der Waals surface area contributed by atoms with Gasteiger partial charge >= 0.3 is 6.09 Å². The van der Waals surface area contributed by atoms with Crippen molar-refractivity contribution >= 4 is 6.09 Å². The van der Waals surface area contributed by atoms with Gasteiger partial charge in [-0.15, -0.1) is 11.8 Å². The zero-order chi connectivity index (χ0) is 12.3. The molecule has 0 aromatic carbocycles. The van der Waals surface area contributed by atoms with Crippen LogP contribution in [0.3, 0.4) is 0 Å². The fourth-order valence-electron chi connectivity index (χ4n) is 2.49. The molecule has 4 heteroatoms. The smallest absolute Gasteiger partial charge is 0.409 e. The van der Waals surface area contributed by atoms with Crippen LogP contribution in [0, 0.1) is 23.7 Å². The molecule has 0 aliphatic heterocycles. The van der Waals surface area contributed by atoms with Crippen LogP contribution in [0.1, 0.15) is 25.7 Å². The molecule has 2 N–H and O–H groups in total. The van der Waals surface area contributed by atoms with E-state index in [2.05, 4.69) is 11.8 Å². The van der Waals surface area contributed by atoms with Gasteiger partial charge in [-0.3, -0.25) is 0 Å². The number of nitrogens with zero attached hydrogens (tertiary/aromatic N) is 1. The number of ether oxygens (including phenoxy) is 1. The summed E-state index contributed by atoms with van der Waals surface area (Å²) in [5.74, 6) is 7.37. The summed E-state index contributed by atoms with van der Waals surface area (Å²) in [7, 11) is 1.72. The Bertz CT molecular complexity index is 327. The van der Waals surface area contributed by atoms with Crippen molar-refractivity contribution in [1.29, 1.82) is 0 Å². The first-order valence-corrected chi connectivity index (χ1v) is 6.31. The van der Waals surface area contributed by atoms with Gasteiger partial charge in [0.1, 0.15) is 6.10 Å². The van der Waals surface area contributed by atoms with Gasteiger partial charge in [-0.05, 0) is 12.8 Å². The third-order valence-corrected chi connectivity index (χ3v) is 3.60. The molecule has 2 aliphatic rings. The monoisotopic (exact) mass is 236 g/mol. The van der Waals surface area contributed by atoms with E-state index in [9.17, 15) is 4.79 Å². The number of hydrogen-bond donors (Lipinski definition) is 1. The average molecular weight is 236 g/mol. The van der Waals surface area contributed by atoms with E-state index >= 15 is 0 Å². The van der Waals surface area contributed by atoms with Gasteiger partial charge in [0.25, 0.3) is 0 Å². The van der Waals surface area contributed by atoms with Crippen molar-refractivity contribution in [3.8, 4) is 11.8 Å². The molecule has 4 nitrogen and oxygen atoms in total. The number of likely N-dealkylation sites (N-methyl/N-ethyl adjacent to an activating group) is 1. The largest absolute Gasteiger partial charge is 0.445 e. The highest BCUT2D eigenvalue weighted by molar-refractivity contribution is 5.67. The number of nitrogens with two attached hydrogens (primary N) is 1. The van der Waals surface area contributed by atoms with Crippen molar-refractivity contribution in [2.45, 2.75) is 31.8 Å². The van der Waals surface area contributed by atoms with Crippen LogP contribution in [0.4, 0.5) is 4.79 Å². The van der Waals surface area contributed by atoms with E-state index in [0.29, 0.717) is 24.9 Å². The summed E-state index contributed by atoms with van der Waals surface area (Å²) in [6, 6.07) is 0. The Kier molecular flexibility index (Phi) is 3.90. The standard InChI is InChI=1S/C13H20N2O2/c1-15(9-8-14)13(16)17-12-10-6-4-2-3-5-7-11(10)12/h10-12H,4-9,14H2,1H3. The molecule has 0 heterocycles. The minimum atomic E-state index is -0.242. The van der Waals surface area contributed by atoms with Gasteiger partial charge < -0.3 is 15.4 Å². The molecule has 0 bridgehead atoms. The summed E-state index contributed by atoms with van der Waals surface area (Å²) in [5.41, 5.74) is 5.41. The summed E-state index contributed by atoms with van der Waals surface area (Å²) >= 11 is 0. The van der Waals surface area contributed by atoms with Gasteiger partial charge in [-0.1, -0.05) is 0 Å². The zero-order valence-corrected chi connectivity index (χ0v) is 10.3. The molecule has 0 saturated heterocycles. The lowest BCUT2D eigenvalue weighted by atomic mass is 10.1. The molecule has 1 saturated carbocycles. The zero-order valence-electron chi connectivity index (χ0n) is 10.3. The fraction of sp³-hybridized carbons (Fsp3) is 0.769. The lowest BCUT2D eigenvalue weighted by Gasteiger charge is -2.15. The highest BCUT2D eigenvalue weighted by Gasteiger charge is 2.52. The molecule has 17 heavy (non-hydrogen) atoms. The van der Waals surface area contributed by atoms with Crippen molar-refractivity contribution in [1.82, 2.24) is 4.90 Å². The van der Waals surface area contributed by atoms with E-state index in [-0.39, 0.29) is 12.2 Å². The van der Waals surface area contributed by atoms with Crippen molar-refractivity contribution < 1.29 is 9.53 Å². The van der Waals surface area contributed by atoms with E-state index in [1.54, 1.807) is 11.9 Å². The molecule has 0 spiro atoms. The summed E-state index contributed by atoms with van der Waals surface area (Å²) in [6.45, 7) is 1.01. The maximum atomic E-state index is 11.7. The predicted octanol–water partition coefficient (Wildman–Crippen LogP) is 1.21. The van der Waals surface area contributed by atoms with Crippen LogP contribution >= 0.6 is 0 Å². The van der Waals surface area contributed by atoms with E-state index < -0.39 is 0 Å². The molecule has 0 radical (unpaired) electrons. The molecular weight excluding hydrogens is 216 g/mol. The number of carbonyl (C=O) groups excluding carboxylic acids is 1. The Hall–Kier alpha value is -1.21. The number of hydrogen-bond acceptors (Lipinski definition) is 3. The van der Waals surface area contributed by atoms with E-state index in [1.165, 1.54) is 0 Å². The molecule has 2 unspecified atom stereocenters. The third-order valence-electron chi connectivity index (χ3n) is 3.60. The highest BCUT2D eigenvalue weighted by atomic mass is 16.6. The maximum absolute atomic E-state index is 11.7. The summed E-state index contributed by atoms with van der Waals surface area (Å²) in [4.78, 5) is 13.3. The molecule has 0 aromatic rings. The second-order valence-corrected chi connectivity index (χ2v) is 4.82. The Morgan fingerprint density at radius 1 is 1.35 bits per heavy atom. The minimum Gasteiger partial charge on any atom is -0.445 e. The molecular formula is C13H20N2O2. The van der Waals surface area contributed by atoms with Crippen LogP contribution in [0.2, 0.25) is 0 Å². The van der Waals surface area contributed by atoms with Crippen molar-refractivity contribution in [2.75, 3.05) is 20.1 Å². The van der Waals surface area contributed by atoms with Crippen LogP contribution in [-0.2, 0) is 4.74 Å². The Morgan fingerprint density at radius 3 is 2.47 bits per heavy atom. The molecule has 0 aromatic heterocycles. The van der Waals surface area contributed by atoms with Crippen molar-refractivity contribution in [3.05, 3.63) is 0 Å². The second kappa shape index (κ2) is 5.42. The normalized spacial score (nSPS) is 30.1. The summed E-state index contributed by atoms with van der Waals surface area (Å²) in [5, 5.41) is 0. The lowest BCUT2D eigenvalue weighted by Crippen LogP contribution is -2.33. The van der Waals surface area contributed by atoms with Crippen LogP contribution in [-0.4, -0.2) is 37.2 Å². The SMILES string of the molecule is CN(CCN)C(=O)OC1C2CCC#CCCC21. The van der Waals surface area contributed by atoms with Gasteiger partial charge in [0.05, 0.1) is 0 Å². The number of rotatable bonds is 3. The predicted molar refractivity (Wildman–Crippen MR) is 65.2 cm³/mol. The van der Waals surface area contributed by atoms with E-state index in [1.807, 2.05) is 0 Å². The second-order valence-electron chi connectivity index (χ2n) is 4.82. The topological polar surface area (TPSA) is 55.6 Å². The molecule has 1 fully saturated rings. The number of fused-ring (bicyclic) bond motifs is 1. The van der Waals surface area contributed by atoms with Gasteiger partial charge in [0.2, 0.25) is 0 Å². The van der Waals surface area contributed by atoms with Crippen molar-refractivity contribution in [3.63, 3.8) is 0 Å². The Balaban J connectivity index is 1.80. The first-order valence-electron chi connectivity index (χ1n) is 6.31.